The SMILES string of the molecule is Cc1nc2n(n1)-c1cccc(N)c1N(C)C2. The second kappa shape index (κ2) is 2.98. The Morgan fingerprint density at radius 1 is 1.38 bits per heavy atom. The number of hydrogen-bond donors (Lipinski definition) is 1. The minimum Gasteiger partial charge on any atom is -0.397 e. The van der Waals surface area contributed by atoms with Crippen LogP contribution in [0.1, 0.15) is 11.6 Å². The van der Waals surface area contributed by atoms with E-state index >= 15 is 0 Å². The van der Waals surface area contributed by atoms with Gasteiger partial charge in [-0.25, -0.2) is 9.67 Å². The van der Waals surface area contributed by atoms with Crippen molar-refractivity contribution in [1.29, 1.82) is 0 Å². The molecule has 0 unspecified atom stereocenters. The van der Waals surface area contributed by atoms with Crippen LogP contribution in [0.4, 0.5) is 11.4 Å². The van der Waals surface area contributed by atoms with Gasteiger partial charge in [0.15, 0.2) is 5.82 Å². The number of nitrogens with zero attached hydrogens (tertiary/aromatic N) is 4. The molecule has 1 aliphatic heterocycles. The molecule has 0 saturated carbocycles. The Hall–Kier alpha value is -2.04. The summed E-state index contributed by atoms with van der Waals surface area (Å²) in [6.45, 7) is 2.64. The highest BCUT2D eigenvalue weighted by Crippen LogP contribution is 2.34. The second-order valence-electron chi connectivity index (χ2n) is 4.06. The topological polar surface area (TPSA) is 60.0 Å². The van der Waals surface area contributed by atoms with Gasteiger partial charge >= 0.3 is 0 Å². The number of hydrogen-bond acceptors (Lipinski definition) is 4. The number of nitrogens with two attached hydrogens (primary N) is 1. The summed E-state index contributed by atoms with van der Waals surface area (Å²) in [6.07, 6.45) is 0. The first kappa shape index (κ1) is 9.21. The predicted octanol–water partition coefficient (Wildman–Crippen LogP) is 1.11. The fraction of sp³-hybridized carbons (Fsp3) is 0.273. The summed E-state index contributed by atoms with van der Waals surface area (Å²) in [4.78, 5) is 6.50. The van der Waals surface area contributed by atoms with Crippen LogP contribution in [0, 0.1) is 6.92 Å². The van der Waals surface area contributed by atoms with Gasteiger partial charge in [-0.15, -0.1) is 0 Å². The predicted molar refractivity (Wildman–Crippen MR) is 62.6 cm³/mol. The number of fused-ring (bicyclic) bond motifs is 3. The summed E-state index contributed by atoms with van der Waals surface area (Å²) in [5, 5.41) is 4.39. The molecule has 2 aromatic rings. The largest absolute Gasteiger partial charge is 0.397 e. The number of anilines is 2. The molecule has 5 nitrogen and oxygen atoms in total. The number of aryl methyl sites for hydroxylation is 1. The molecular weight excluding hydrogens is 202 g/mol. The lowest BCUT2D eigenvalue weighted by atomic mass is 10.2. The van der Waals surface area contributed by atoms with E-state index in [9.17, 15) is 0 Å². The molecule has 0 saturated heterocycles. The summed E-state index contributed by atoms with van der Waals surface area (Å²) in [5.74, 6) is 1.75. The highest BCUT2D eigenvalue weighted by molar-refractivity contribution is 5.78. The monoisotopic (exact) mass is 215 g/mol. The van der Waals surface area contributed by atoms with Gasteiger partial charge in [-0.05, 0) is 19.1 Å². The molecule has 0 fully saturated rings. The number of aromatic nitrogens is 3. The van der Waals surface area contributed by atoms with Gasteiger partial charge in [0.2, 0.25) is 0 Å². The fourth-order valence-electron chi connectivity index (χ4n) is 2.18. The van der Waals surface area contributed by atoms with E-state index in [4.69, 9.17) is 5.73 Å². The molecule has 1 aromatic carbocycles. The van der Waals surface area contributed by atoms with Crippen LogP contribution < -0.4 is 10.6 Å². The lowest BCUT2D eigenvalue weighted by molar-refractivity contribution is 0.725. The quantitative estimate of drug-likeness (QED) is 0.669. The Morgan fingerprint density at radius 3 is 3.00 bits per heavy atom. The molecule has 2 N–H and O–H groups in total. The molecule has 3 rings (SSSR count). The van der Waals surface area contributed by atoms with Gasteiger partial charge in [-0.3, -0.25) is 0 Å². The van der Waals surface area contributed by atoms with Crippen LogP contribution in [0.25, 0.3) is 5.69 Å². The van der Waals surface area contributed by atoms with Crippen molar-refractivity contribution in [3.05, 3.63) is 29.8 Å². The first-order valence-electron chi connectivity index (χ1n) is 5.19. The van der Waals surface area contributed by atoms with E-state index in [0.29, 0.717) is 0 Å². The smallest absolute Gasteiger partial charge is 0.152 e. The van der Waals surface area contributed by atoms with Crippen LogP contribution in [0.15, 0.2) is 18.2 Å². The standard InChI is InChI=1S/C11H13N5/c1-7-13-10-6-15(2)11-8(12)4-3-5-9(11)16(10)14-7/h3-5H,6,12H2,1-2H3. The van der Waals surface area contributed by atoms with Crippen molar-refractivity contribution in [3.8, 4) is 5.69 Å². The molecule has 1 aliphatic rings. The van der Waals surface area contributed by atoms with Crippen molar-refractivity contribution in [2.75, 3.05) is 17.7 Å². The molecule has 0 bridgehead atoms. The summed E-state index contributed by atoms with van der Waals surface area (Å²) in [6, 6.07) is 5.86. The Bertz CT molecular complexity index is 557. The number of benzene rings is 1. The molecule has 0 spiro atoms. The number of rotatable bonds is 0. The average Bonchev–Trinajstić information content (AvgIpc) is 2.58. The van der Waals surface area contributed by atoms with E-state index in [-0.39, 0.29) is 0 Å². The molecule has 0 amide bonds. The first-order valence-corrected chi connectivity index (χ1v) is 5.19. The molecular formula is C11H13N5. The van der Waals surface area contributed by atoms with E-state index in [1.807, 2.05) is 36.9 Å². The van der Waals surface area contributed by atoms with Crippen LogP contribution in [0.2, 0.25) is 0 Å². The molecule has 16 heavy (non-hydrogen) atoms. The Kier molecular flexibility index (Phi) is 1.71. The van der Waals surface area contributed by atoms with Crippen LogP contribution in [0.5, 0.6) is 0 Å². The third-order valence-corrected chi connectivity index (χ3v) is 2.81. The molecule has 0 aliphatic carbocycles. The first-order chi connectivity index (χ1) is 7.66. The van der Waals surface area contributed by atoms with Crippen molar-refractivity contribution in [1.82, 2.24) is 14.8 Å². The lowest BCUT2D eigenvalue weighted by Gasteiger charge is -2.28. The fourth-order valence-corrected chi connectivity index (χ4v) is 2.18. The van der Waals surface area contributed by atoms with E-state index in [1.165, 1.54) is 0 Å². The maximum Gasteiger partial charge on any atom is 0.152 e. The van der Waals surface area contributed by atoms with Crippen LogP contribution >= 0.6 is 0 Å². The van der Waals surface area contributed by atoms with Gasteiger partial charge in [0.05, 0.1) is 23.6 Å². The van der Waals surface area contributed by atoms with Crippen molar-refractivity contribution in [2.24, 2.45) is 0 Å². The van der Waals surface area contributed by atoms with Crippen LogP contribution in [0.3, 0.4) is 0 Å². The number of para-hydroxylation sites is 1. The zero-order chi connectivity index (χ0) is 11.3. The summed E-state index contributed by atoms with van der Waals surface area (Å²) in [5.41, 5.74) is 8.80. The molecule has 0 atom stereocenters. The van der Waals surface area contributed by atoms with E-state index < -0.39 is 0 Å². The minimum atomic E-state index is 0.738. The van der Waals surface area contributed by atoms with Crippen molar-refractivity contribution in [3.63, 3.8) is 0 Å². The number of nitrogen functional groups attached to an aromatic ring is 1. The minimum absolute atomic E-state index is 0.738. The van der Waals surface area contributed by atoms with Crippen LogP contribution in [-0.4, -0.2) is 21.8 Å². The molecule has 2 heterocycles. The van der Waals surface area contributed by atoms with Crippen LogP contribution in [-0.2, 0) is 6.54 Å². The Labute approximate surface area is 93.5 Å². The van der Waals surface area contributed by atoms with E-state index in [2.05, 4.69) is 15.0 Å². The molecule has 82 valence electrons. The average molecular weight is 215 g/mol. The van der Waals surface area contributed by atoms with Crippen molar-refractivity contribution < 1.29 is 0 Å². The highest BCUT2D eigenvalue weighted by atomic mass is 15.4. The summed E-state index contributed by atoms with van der Waals surface area (Å²) < 4.78 is 1.88. The third kappa shape index (κ3) is 1.11. The highest BCUT2D eigenvalue weighted by Gasteiger charge is 2.23. The van der Waals surface area contributed by atoms with Crippen molar-refractivity contribution in [2.45, 2.75) is 13.5 Å². The van der Waals surface area contributed by atoms with Gasteiger partial charge in [0.25, 0.3) is 0 Å². The van der Waals surface area contributed by atoms with Gasteiger partial charge in [0, 0.05) is 7.05 Å². The maximum absolute atomic E-state index is 5.99. The van der Waals surface area contributed by atoms with Gasteiger partial charge in [-0.1, -0.05) is 6.07 Å². The van der Waals surface area contributed by atoms with E-state index in [0.717, 1.165) is 35.3 Å². The van der Waals surface area contributed by atoms with Gasteiger partial charge in [0.1, 0.15) is 5.82 Å². The zero-order valence-electron chi connectivity index (χ0n) is 9.31. The third-order valence-electron chi connectivity index (χ3n) is 2.81. The molecule has 5 heteroatoms. The lowest BCUT2D eigenvalue weighted by Crippen LogP contribution is -2.27. The Morgan fingerprint density at radius 2 is 2.19 bits per heavy atom. The van der Waals surface area contributed by atoms with Gasteiger partial charge < -0.3 is 10.6 Å². The Balaban J connectivity index is 2.32. The van der Waals surface area contributed by atoms with Crippen molar-refractivity contribution >= 4 is 11.4 Å². The zero-order valence-corrected chi connectivity index (χ0v) is 9.31. The van der Waals surface area contributed by atoms with Gasteiger partial charge in [-0.2, -0.15) is 5.10 Å². The maximum atomic E-state index is 5.99. The second-order valence-corrected chi connectivity index (χ2v) is 4.06. The normalized spacial score (nSPS) is 13.5. The summed E-state index contributed by atoms with van der Waals surface area (Å²) in [7, 11) is 2.02. The summed E-state index contributed by atoms with van der Waals surface area (Å²) >= 11 is 0. The molecule has 1 aromatic heterocycles. The van der Waals surface area contributed by atoms with E-state index in [1.54, 1.807) is 0 Å². The molecule has 0 radical (unpaired) electrons.